The number of hydrogen-bond donors (Lipinski definition) is 1. The molecule has 0 spiro atoms. The molecule has 0 unspecified atom stereocenters. The lowest BCUT2D eigenvalue weighted by Crippen LogP contribution is -1.97. The minimum Gasteiger partial charge on any atom is -0.483 e. The van der Waals surface area contributed by atoms with Gasteiger partial charge in [-0.2, -0.15) is 0 Å². The Morgan fingerprint density at radius 1 is 1.33 bits per heavy atom. The fraction of sp³-hybridized carbons (Fsp3) is 0.333. The van der Waals surface area contributed by atoms with Crippen molar-refractivity contribution in [2.45, 2.75) is 26.6 Å². The largest absolute Gasteiger partial charge is 0.483 e. The van der Waals surface area contributed by atoms with Crippen LogP contribution in [0.3, 0.4) is 0 Å². The second kappa shape index (κ2) is 5.97. The molecule has 1 N–H and O–H groups in total. The second-order valence-corrected chi connectivity index (χ2v) is 4.51. The maximum Gasteiger partial charge on any atom is 0.253 e. The van der Waals surface area contributed by atoms with Gasteiger partial charge in [0.2, 0.25) is 5.89 Å². The van der Waals surface area contributed by atoms with E-state index in [1.54, 1.807) is 18.2 Å². The Kier molecular flexibility index (Phi) is 4.33. The van der Waals surface area contributed by atoms with E-state index in [0.717, 1.165) is 10.0 Å². The highest BCUT2D eigenvalue weighted by Gasteiger charge is 2.07. The molecule has 1 aromatic heterocycles. The topological polar surface area (TPSA) is 68.4 Å². The average Bonchev–Trinajstić information content (AvgIpc) is 2.85. The molecule has 0 atom stereocenters. The van der Waals surface area contributed by atoms with E-state index in [0.29, 0.717) is 24.0 Å². The van der Waals surface area contributed by atoms with Crippen LogP contribution in [0.2, 0.25) is 0 Å². The van der Waals surface area contributed by atoms with Crippen LogP contribution in [0, 0.1) is 0 Å². The molecule has 0 fully saturated rings. The van der Waals surface area contributed by atoms with Gasteiger partial charge in [-0.1, -0.05) is 13.0 Å². The van der Waals surface area contributed by atoms with Crippen molar-refractivity contribution in [3.05, 3.63) is 40.0 Å². The lowest BCUT2D eigenvalue weighted by atomic mass is 10.2. The van der Waals surface area contributed by atoms with Crippen molar-refractivity contribution in [2.75, 3.05) is 0 Å². The summed E-state index contributed by atoms with van der Waals surface area (Å²) in [4.78, 5) is 0. The zero-order chi connectivity index (χ0) is 13.0. The first-order valence-electron chi connectivity index (χ1n) is 5.56. The first-order chi connectivity index (χ1) is 8.72. The number of aryl methyl sites for hydroxylation is 1. The zero-order valence-electron chi connectivity index (χ0n) is 9.89. The van der Waals surface area contributed by atoms with E-state index in [1.807, 2.05) is 6.92 Å². The lowest BCUT2D eigenvalue weighted by Gasteiger charge is -2.06. The SMILES string of the molecule is CCc1nnc(COc2ccc(CO)cc2Br)o1. The molecule has 2 aromatic rings. The molecule has 5 nitrogen and oxygen atoms in total. The van der Waals surface area contributed by atoms with Crippen LogP contribution in [0.1, 0.15) is 24.3 Å². The van der Waals surface area contributed by atoms with E-state index in [4.69, 9.17) is 14.3 Å². The zero-order valence-corrected chi connectivity index (χ0v) is 11.5. The maximum absolute atomic E-state index is 9.00. The summed E-state index contributed by atoms with van der Waals surface area (Å²) in [6, 6.07) is 5.39. The summed E-state index contributed by atoms with van der Waals surface area (Å²) in [5.41, 5.74) is 0.820. The van der Waals surface area contributed by atoms with Gasteiger partial charge < -0.3 is 14.3 Å². The van der Waals surface area contributed by atoms with Crippen molar-refractivity contribution >= 4 is 15.9 Å². The maximum atomic E-state index is 9.00. The summed E-state index contributed by atoms with van der Waals surface area (Å²) in [5, 5.41) is 16.7. The quantitative estimate of drug-likeness (QED) is 0.918. The van der Waals surface area contributed by atoms with Gasteiger partial charge in [0.1, 0.15) is 5.75 Å². The third kappa shape index (κ3) is 3.08. The number of rotatable bonds is 5. The van der Waals surface area contributed by atoms with Gasteiger partial charge in [0.05, 0.1) is 11.1 Å². The van der Waals surface area contributed by atoms with Crippen LogP contribution in [-0.2, 0) is 19.6 Å². The van der Waals surface area contributed by atoms with E-state index < -0.39 is 0 Å². The number of ether oxygens (including phenoxy) is 1. The Bertz CT molecular complexity index is 528. The standard InChI is InChI=1S/C12H13BrN2O3/c1-2-11-14-15-12(18-11)7-17-10-4-3-8(6-16)5-9(10)13/h3-5,16H,2,6-7H2,1H3. The summed E-state index contributed by atoms with van der Waals surface area (Å²) >= 11 is 3.38. The molecule has 6 heteroatoms. The lowest BCUT2D eigenvalue weighted by molar-refractivity contribution is 0.257. The van der Waals surface area contributed by atoms with Gasteiger partial charge in [-0.05, 0) is 33.6 Å². The molecule has 18 heavy (non-hydrogen) atoms. The molecular weight excluding hydrogens is 300 g/mol. The molecule has 0 aliphatic heterocycles. The Hall–Kier alpha value is -1.40. The third-order valence-corrected chi connectivity index (χ3v) is 2.96. The van der Waals surface area contributed by atoms with E-state index in [2.05, 4.69) is 26.1 Å². The van der Waals surface area contributed by atoms with Crippen molar-refractivity contribution in [3.63, 3.8) is 0 Å². The fourth-order valence-corrected chi connectivity index (χ4v) is 1.93. The molecular formula is C12H13BrN2O3. The third-order valence-electron chi connectivity index (χ3n) is 2.34. The first kappa shape index (κ1) is 13.0. The van der Waals surface area contributed by atoms with Crippen LogP contribution in [0.25, 0.3) is 0 Å². The first-order valence-corrected chi connectivity index (χ1v) is 6.35. The van der Waals surface area contributed by atoms with Gasteiger partial charge in [-0.15, -0.1) is 10.2 Å². The van der Waals surface area contributed by atoms with Crippen LogP contribution >= 0.6 is 15.9 Å². The van der Waals surface area contributed by atoms with Crippen molar-refractivity contribution in [2.24, 2.45) is 0 Å². The molecule has 0 amide bonds. The smallest absolute Gasteiger partial charge is 0.253 e. The summed E-state index contributed by atoms with van der Waals surface area (Å²) in [7, 11) is 0. The summed E-state index contributed by atoms with van der Waals surface area (Å²) in [6.07, 6.45) is 0.710. The summed E-state index contributed by atoms with van der Waals surface area (Å²) in [5.74, 6) is 1.72. The molecule has 1 aromatic carbocycles. The number of nitrogens with zero attached hydrogens (tertiary/aromatic N) is 2. The predicted molar refractivity (Wildman–Crippen MR) is 68.1 cm³/mol. The van der Waals surface area contributed by atoms with Gasteiger partial charge in [-0.25, -0.2) is 0 Å². The fourth-order valence-electron chi connectivity index (χ4n) is 1.39. The van der Waals surface area contributed by atoms with E-state index >= 15 is 0 Å². The van der Waals surface area contributed by atoms with Crippen molar-refractivity contribution in [1.82, 2.24) is 10.2 Å². The Balaban J connectivity index is 2.01. The number of hydrogen-bond acceptors (Lipinski definition) is 5. The monoisotopic (exact) mass is 312 g/mol. The van der Waals surface area contributed by atoms with Gasteiger partial charge in [0.15, 0.2) is 6.61 Å². The van der Waals surface area contributed by atoms with Gasteiger partial charge in [0.25, 0.3) is 5.89 Å². The molecule has 0 aliphatic rings. The van der Waals surface area contributed by atoms with Crippen LogP contribution in [0.4, 0.5) is 0 Å². The number of aliphatic hydroxyl groups is 1. The number of benzene rings is 1. The molecule has 0 aliphatic carbocycles. The molecule has 0 bridgehead atoms. The van der Waals surface area contributed by atoms with Crippen LogP contribution in [0.5, 0.6) is 5.75 Å². The van der Waals surface area contributed by atoms with Crippen molar-refractivity contribution < 1.29 is 14.3 Å². The van der Waals surface area contributed by atoms with E-state index in [1.165, 1.54) is 0 Å². The minimum atomic E-state index is 0.00238. The van der Waals surface area contributed by atoms with E-state index in [9.17, 15) is 0 Å². The molecule has 2 rings (SSSR count). The second-order valence-electron chi connectivity index (χ2n) is 3.65. The van der Waals surface area contributed by atoms with E-state index in [-0.39, 0.29) is 13.2 Å². The van der Waals surface area contributed by atoms with Crippen molar-refractivity contribution in [1.29, 1.82) is 0 Å². The van der Waals surface area contributed by atoms with Gasteiger partial charge >= 0.3 is 0 Å². The minimum absolute atomic E-state index is 0.00238. The molecule has 96 valence electrons. The Morgan fingerprint density at radius 2 is 2.11 bits per heavy atom. The van der Waals surface area contributed by atoms with Crippen LogP contribution in [-0.4, -0.2) is 15.3 Å². The summed E-state index contributed by atoms with van der Waals surface area (Å²) < 4.78 is 11.7. The Morgan fingerprint density at radius 3 is 2.72 bits per heavy atom. The molecule has 0 saturated carbocycles. The van der Waals surface area contributed by atoms with Crippen LogP contribution < -0.4 is 4.74 Å². The highest BCUT2D eigenvalue weighted by Crippen LogP contribution is 2.26. The Labute approximate surface area is 113 Å². The van der Waals surface area contributed by atoms with Gasteiger partial charge in [-0.3, -0.25) is 0 Å². The average molecular weight is 313 g/mol. The molecule has 0 radical (unpaired) electrons. The number of halogens is 1. The summed E-state index contributed by atoms with van der Waals surface area (Å²) in [6.45, 7) is 2.18. The molecule has 0 saturated heterocycles. The normalized spacial score (nSPS) is 10.6. The highest BCUT2D eigenvalue weighted by atomic mass is 79.9. The number of aliphatic hydroxyl groups excluding tert-OH is 1. The highest BCUT2D eigenvalue weighted by molar-refractivity contribution is 9.10. The predicted octanol–water partition coefficient (Wildman–Crippen LogP) is 2.47. The number of aromatic nitrogens is 2. The van der Waals surface area contributed by atoms with Gasteiger partial charge in [0, 0.05) is 6.42 Å². The van der Waals surface area contributed by atoms with Crippen LogP contribution in [0.15, 0.2) is 27.1 Å². The van der Waals surface area contributed by atoms with Crippen molar-refractivity contribution in [3.8, 4) is 5.75 Å². The molecule has 1 heterocycles.